The van der Waals surface area contributed by atoms with Gasteiger partial charge in [0.15, 0.2) is 0 Å². The standard InChI is InChI=1S/C19H17Cl2N3O2/c1-12(13-6-8-14(20)9-7-13)22-17(25)10-11-18-23-19(24-26-18)15-4-2-3-5-16(15)21/h2-9,12H,10-11H2,1H3,(H,22,25). The van der Waals surface area contributed by atoms with E-state index < -0.39 is 0 Å². The molecule has 0 radical (unpaired) electrons. The fourth-order valence-corrected chi connectivity index (χ4v) is 2.82. The number of rotatable bonds is 6. The molecule has 2 aromatic carbocycles. The minimum absolute atomic E-state index is 0.0926. The van der Waals surface area contributed by atoms with Crippen molar-refractivity contribution in [2.45, 2.75) is 25.8 Å². The first-order valence-electron chi connectivity index (χ1n) is 8.15. The summed E-state index contributed by atoms with van der Waals surface area (Å²) in [7, 11) is 0. The zero-order chi connectivity index (χ0) is 18.5. The van der Waals surface area contributed by atoms with Gasteiger partial charge in [-0.1, -0.05) is 52.6 Å². The van der Waals surface area contributed by atoms with E-state index in [1.54, 1.807) is 18.2 Å². The number of hydrogen-bond acceptors (Lipinski definition) is 4. The van der Waals surface area contributed by atoms with Crippen molar-refractivity contribution in [1.29, 1.82) is 0 Å². The molecule has 0 fully saturated rings. The van der Waals surface area contributed by atoms with E-state index in [4.69, 9.17) is 27.7 Å². The number of nitrogens with one attached hydrogen (secondary N) is 1. The van der Waals surface area contributed by atoms with Gasteiger partial charge >= 0.3 is 0 Å². The number of carbonyl (C=O) groups is 1. The summed E-state index contributed by atoms with van der Waals surface area (Å²) in [6.07, 6.45) is 0.610. The first-order valence-corrected chi connectivity index (χ1v) is 8.91. The van der Waals surface area contributed by atoms with Crippen molar-refractivity contribution < 1.29 is 9.32 Å². The number of halogens is 2. The van der Waals surface area contributed by atoms with Gasteiger partial charge in [-0.3, -0.25) is 4.79 Å². The Balaban J connectivity index is 1.55. The summed E-state index contributed by atoms with van der Waals surface area (Å²) in [6, 6.07) is 14.5. The zero-order valence-electron chi connectivity index (χ0n) is 14.1. The molecule has 0 bridgehead atoms. The third-order valence-electron chi connectivity index (χ3n) is 3.90. The quantitative estimate of drug-likeness (QED) is 0.653. The zero-order valence-corrected chi connectivity index (χ0v) is 15.6. The maximum absolute atomic E-state index is 12.1. The van der Waals surface area contributed by atoms with Crippen molar-refractivity contribution in [3.63, 3.8) is 0 Å². The minimum atomic E-state index is -0.110. The number of nitrogens with zero attached hydrogens (tertiary/aromatic N) is 2. The molecule has 0 spiro atoms. The Morgan fingerprint density at radius 3 is 2.62 bits per heavy atom. The molecule has 1 N–H and O–H groups in total. The molecule has 3 rings (SSSR count). The second kappa shape index (κ2) is 8.34. The Bertz CT molecular complexity index is 894. The monoisotopic (exact) mass is 389 g/mol. The van der Waals surface area contributed by atoms with Crippen LogP contribution in [0.3, 0.4) is 0 Å². The van der Waals surface area contributed by atoms with Gasteiger partial charge in [-0.15, -0.1) is 0 Å². The molecule has 0 saturated heterocycles. The number of carbonyl (C=O) groups excluding carboxylic acids is 1. The highest BCUT2D eigenvalue weighted by Crippen LogP contribution is 2.25. The lowest BCUT2D eigenvalue weighted by molar-refractivity contribution is -0.121. The predicted octanol–water partition coefficient (Wildman–Crippen LogP) is 4.85. The Kier molecular flexibility index (Phi) is 5.91. The van der Waals surface area contributed by atoms with Crippen molar-refractivity contribution in [1.82, 2.24) is 15.5 Å². The largest absolute Gasteiger partial charge is 0.350 e. The topological polar surface area (TPSA) is 68.0 Å². The van der Waals surface area contributed by atoms with Gasteiger partial charge in [0.1, 0.15) is 0 Å². The van der Waals surface area contributed by atoms with Gasteiger partial charge in [-0.25, -0.2) is 0 Å². The smallest absolute Gasteiger partial charge is 0.227 e. The summed E-state index contributed by atoms with van der Waals surface area (Å²) < 4.78 is 5.21. The van der Waals surface area contributed by atoms with Crippen LogP contribution in [0.5, 0.6) is 0 Å². The molecule has 3 aromatic rings. The summed E-state index contributed by atoms with van der Waals surface area (Å²) in [6.45, 7) is 1.92. The van der Waals surface area contributed by atoms with Gasteiger partial charge < -0.3 is 9.84 Å². The molecule has 5 nitrogen and oxygen atoms in total. The Labute approximate surface area is 161 Å². The lowest BCUT2D eigenvalue weighted by Crippen LogP contribution is -2.26. The molecule has 7 heteroatoms. The second-order valence-corrected chi connectivity index (χ2v) is 6.68. The van der Waals surface area contributed by atoms with Crippen molar-refractivity contribution in [3.05, 3.63) is 70.0 Å². The number of aryl methyl sites for hydroxylation is 1. The van der Waals surface area contributed by atoms with E-state index in [1.165, 1.54) is 0 Å². The molecule has 1 aromatic heterocycles. The predicted molar refractivity (Wildman–Crippen MR) is 101 cm³/mol. The Morgan fingerprint density at radius 2 is 1.88 bits per heavy atom. The van der Waals surface area contributed by atoms with E-state index in [2.05, 4.69) is 15.5 Å². The Hall–Kier alpha value is -2.37. The van der Waals surface area contributed by atoms with Crippen LogP contribution in [0.4, 0.5) is 0 Å². The molecule has 1 atom stereocenters. The first kappa shape index (κ1) is 18.4. The highest BCUT2D eigenvalue weighted by molar-refractivity contribution is 6.33. The second-order valence-electron chi connectivity index (χ2n) is 5.83. The first-order chi connectivity index (χ1) is 12.5. The van der Waals surface area contributed by atoms with Gasteiger partial charge in [0.25, 0.3) is 0 Å². The molecule has 0 saturated carbocycles. The van der Waals surface area contributed by atoms with Crippen LogP contribution in [0.25, 0.3) is 11.4 Å². The van der Waals surface area contributed by atoms with Crippen molar-refractivity contribution in [2.75, 3.05) is 0 Å². The molecule has 0 aliphatic heterocycles. The molecular formula is C19H17Cl2N3O2. The van der Waals surface area contributed by atoms with E-state index in [0.717, 1.165) is 5.56 Å². The van der Waals surface area contributed by atoms with Crippen molar-refractivity contribution in [3.8, 4) is 11.4 Å². The molecule has 0 aliphatic carbocycles. The third kappa shape index (κ3) is 4.62. The summed E-state index contributed by atoms with van der Waals surface area (Å²) in [5, 5.41) is 8.08. The molecular weight excluding hydrogens is 373 g/mol. The molecule has 1 amide bonds. The Morgan fingerprint density at radius 1 is 1.15 bits per heavy atom. The van der Waals surface area contributed by atoms with Crippen LogP contribution in [0, 0.1) is 0 Å². The van der Waals surface area contributed by atoms with Crippen LogP contribution < -0.4 is 5.32 Å². The lowest BCUT2D eigenvalue weighted by Gasteiger charge is -2.14. The van der Waals surface area contributed by atoms with Crippen LogP contribution in [0.1, 0.15) is 30.8 Å². The van der Waals surface area contributed by atoms with Gasteiger partial charge in [0.05, 0.1) is 11.1 Å². The highest BCUT2D eigenvalue weighted by Gasteiger charge is 2.14. The van der Waals surface area contributed by atoms with Gasteiger partial charge in [-0.2, -0.15) is 4.98 Å². The molecule has 1 unspecified atom stereocenters. The van der Waals surface area contributed by atoms with Crippen LogP contribution in [-0.2, 0) is 11.2 Å². The molecule has 134 valence electrons. The molecule has 0 aliphatic rings. The summed E-state index contributed by atoms with van der Waals surface area (Å²) >= 11 is 12.0. The highest BCUT2D eigenvalue weighted by atomic mass is 35.5. The normalized spacial score (nSPS) is 12.0. The summed E-state index contributed by atoms with van der Waals surface area (Å²) in [4.78, 5) is 16.5. The average molecular weight is 390 g/mol. The number of hydrogen-bond donors (Lipinski definition) is 1. The molecule has 26 heavy (non-hydrogen) atoms. The maximum atomic E-state index is 12.1. The van der Waals surface area contributed by atoms with E-state index >= 15 is 0 Å². The number of benzene rings is 2. The molecule has 1 heterocycles. The van der Waals surface area contributed by atoms with Crippen LogP contribution in [0.2, 0.25) is 10.0 Å². The van der Waals surface area contributed by atoms with Crippen LogP contribution >= 0.6 is 23.2 Å². The van der Waals surface area contributed by atoms with E-state index in [-0.39, 0.29) is 18.4 Å². The van der Waals surface area contributed by atoms with Gasteiger partial charge in [0, 0.05) is 23.4 Å². The van der Waals surface area contributed by atoms with Gasteiger partial charge in [0.2, 0.25) is 17.6 Å². The van der Waals surface area contributed by atoms with E-state index in [0.29, 0.717) is 33.7 Å². The van der Waals surface area contributed by atoms with Gasteiger partial charge in [-0.05, 0) is 36.8 Å². The number of aromatic nitrogens is 2. The fraction of sp³-hybridized carbons (Fsp3) is 0.211. The fourth-order valence-electron chi connectivity index (χ4n) is 2.48. The SMILES string of the molecule is CC(NC(=O)CCc1nc(-c2ccccc2Cl)no1)c1ccc(Cl)cc1. The van der Waals surface area contributed by atoms with E-state index in [1.807, 2.05) is 37.3 Å². The summed E-state index contributed by atoms with van der Waals surface area (Å²) in [5.41, 5.74) is 1.69. The number of amides is 1. The van der Waals surface area contributed by atoms with Crippen molar-refractivity contribution in [2.24, 2.45) is 0 Å². The third-order valence-corrected chi connectivity index (χ3v) is 4.48. The van der Waals surface area contributed by atoms with Crippen LogP contribution in [0.15, 0.2) is 53.1 Å². The summed E-state index contributed by atoms with van der Waals surface area (Å²) in [5.74, 6) is 0.722. The average Bonchev–Trinajstić information content (AvgIpc) is 3.09. The van der Waals surface area contributed by atoms with Crippen LogP contribution in [-0.4, -0.2) is 16.0 Å². The van der Waals surface area contributed by atoms with Crippen molar-refractivity contribution >= 4 is 29.1 Å². The maximum Gasteiger partial charge on any atom is 0.227 e. The minimum Gasteiger partial charge on any atom is -0.350 e. The van der Waals surface area contributed by atoms with E-state index in [9.17, 15) is 4.79 Å². The lowest BCUT2D eigenvalue weighted by atomic mass is 10.1.